The molecule has 0 aromatic heterocycles. The van der Waals surface area contributed by atoms with Gasteiger partial charge in [-0.3, -0.25) is 9.59 Å². The average molecular weight is 503 g/mol. The molecule has 3 N–H and O–H groups in total. The lowest BCUT2D eigenvalue weighted by Crippen LogP contribution is -2.78. The van der Waals surface area contributed by atoms with Crippen molar-refractivity contribution >= 4 is 17.7 Å². The van der Waals surface area contributed by atoms with E-state index in [2.05, 4.69) is 0 Å². The summed E-state index contributed by atoms with van der Waals surface area (Å²) in [6.45, 7) is 5.21. The largest absolute Gasteiger partial charge is 0.459 e. The molecule has 2 heterocycles. The monoisotopic (exact) mass is 502 g/mol. The molecule has 4 aliphatic carbocycles. The third-order valence-electron chi connectivity index (χ3n) is 10.4. The fraction of sp³-hybridized carbons (Fsp3) is 0.741. The predicted octanol–water partition coefficient (Wildman–Crippen LogP) is 1.19. The van der Waals surface area contributed by atoms with Crippen LogP contribution in [0.5, 0.6) is 0 Å². The first-order valence-electron chi connectivity index (χ1n) is 13.0. The molecule has 0 radical (unpaired) electrons. The van der Waals surface area contributed by atoms with Gasteiger partial charge in [0.1, 0.15) is 18.3 Å². The number of carbonyl (C=O) groups is 3. The quantitative estimate of drug-likeness (QED) is 0.383. The van der Waals surface area contributed by atoms with Gasteiger partial charge < -0.3 is 29.5 Å². The van der Waals surface area contributed by atoms with Crippen molar-refractivity contribution in [2.24, 2.45) is 34.5 Å². The summed E-state index contributed by atoms with van der Waals surface area (Å²) in [5.41, 5.74) is -0.537. The molecule has 6 aliphatic rings. The van der Waals surface area contributed by atoms with Crippen LogP contribution >= 0.6 is 0 Å². The van der Waals surface area contributed by atoms with Crippen LogP contribution in [0.3, 0.4) is 0 Å². The van der Waals surface area contributed by atoms with Gasteiger partial charge in [0.05, 0.1) is 13.0 Å². The second kappa shape index (κ2) is 7.72. The van der Waals surface area contributed by atoms with E-state index in [0.717, 1.165) is 30.4 Å². The van der Waals surface area contributed by atoms with Crippen molar-refractivity contribution in [1.29, 1.82) is 0 Å². The van der Waals surface area contributed by atoms with Crippen LogP contribution in [0, 0.1) is 34.5 Å². The van der Waals surface area contributed by atoms with Crippen LogP contribution in [-0.4, -0.2) is 69.9 Å². The van der Waals surface area contributed by atoms with Crippen molar-refractivity contribution in [1.82, 2.24) is 0 Å². The maximum atomic E-state index is 13.3. The Morgan fingerprint density at radius 2 is 2.03 bits per heavy atom. The highest BCUT2D eigenvalue weighted by Gasteiger charge is 2.83. The molecule has 2 saturated heterocycles. The molecule has 0 amide bonds. The SMILES string of the molecule is CC1=CC(=O)[C@@H](O)[C@]2(C)[C@H]3[C@@]4(O)OC[C@@]35[C@@H](C[C@@H]12)OC(=O)C(OC(=O)CC1=CCCC1)[C@H]5[C@@H](C)[C@H]4O. The number of hydrogen-bond donors (Lipinski definition) is 3. The number of ether oxygens (including phenoxy) is 3. The molecule has 2 saturated carbocycles. The molecule has 9 nitrogen and oxygen atoms in total. The number of carbonyl (C=O) groups excluding carboxylic acids is 3. The van der Waals surface area contributed by atoms with Gasteiger partial charge in [-0.15, -0.1) is 0 Å². The second-order valence-electron chi connectivity index (χ2n) is 12.0. The molecule has 4 fully saturated rings. The number of ketones is 1. The Morgan fingerprint density at radius 1 is 1.28 bits per heavy atom. The van der Waals surface area contributed by atoms with Gasteiger partial charge in [0.2, 0.25) is 6.10 Å². The van der Waals surface area contributed by atoms with Crippen molar-refractivity contribution in [2.45, 2.75) is 83.1 Å². The van der Waals surface area contributed by atoms with Crippen LogP contribution in [0.15, 0.2) is 23.3 Å². The lowest BCUT2D eigenvalue weighted by Gasteiger charge is -2.68. The Labute approximate surface area is 209 Å². The fourth-order valence-corrected chi connectivity index (χ4v) is 9.00. The van der Waals surface area contributed by atoms with Gasteiger partial charge >= 0.3 is 11.9 Å². The normalized spacial score (nSPS) is 51.1. The van der Waals surface area contributed by atoms with E-state index in [1.54, 1.807) is 20.8 Å². The summed E-state index contributed by atoms with van der Waals surface area (Å²) in [6, 6.07) is 0. The Morgan fingerprint density at radius 3 is 2.72 bits per heavy atom. The van der Waals surface area contributed by atoms with Gasteiger partial charge in [-0.25, -0.2) is 4.79 Å². The molecule has 36 heavy (non-hydrogen) atoms. The minimum atomic E-state index is -2.06. The van der Waals surface area contributed by atoms with Gasteiger partial charge in [0.15, 0.2) is 11.6 Å². The first kappa shape index (κ1) is 24.3. The zero-order valence-electron chi connectivity index (χ0n) is 20.8. The van der Waals surface area contributed by atoms with E-state index in [1.165, 1.54) is 6.08 Å². The van der Waals surface area contributed by atoms with Gasteiger partial charge in [-0.2, -0.15) is 0 Å². The van der Waals surface area contributed by atoms with E-state index >= 15 is 0 Å². The lowest BCUT2D eigenvalue weighted by atomic mass is 9.38. The third-order valence-corrected chi connectivity index (χ3v) is 10.4. The second-order valence-corrected chi connectivity index (χ2v) is 12.0. The van der Waals surface area contributed by atoms with Gasteiger partial charge in [-0.05, 0) is 50.5 Å². The summed E-state index contributed by atoms with van der Waals surface area (Å²) in [6.07, 6.45) is 1.71. The standard InChI is InChI=1S/C27H34O9/c1-12-8-16(28)22(31)25(3)15(12)10-17-26-11-34-27(33,24(25)26)21(30)13(2)19(26)20(23(32)35-17)36-18(29)9-14-6-4-5-7-14/h6,8,13,15,17,19-22,24,30-31,33H,4-5,7,9-11H2,1-3H3/t13-,15+,17-,19-,20?,21-,22-,24-,25-,26+,27+/m1/s1. The molecule has 0 aromatic carbocycles. The molecule has 9 heteroatoms. The van der Waals surface area contributed by atoms with Crippen LogP contribution in [0.1, 0.15) is 52.9 Å². The van der Waals surface area contributed by atoms with Crippen LogP contribution < -0.4 is 0 Å². The smallest absolute Gasteiger partial charge is 0.348 e. The summed E-state index contributed by atoms with van der Waals surface area (Å²) in [4.78, 5) is 39.1. The summed E-state index contributed by atoms with van der Waals surface area (Å²) < 4.78 is 17.7. The number of fused-ring (bicyclic) bond motifs is 1. The summed E-state index contributed by atoms with van der Waals surface area (Å²) >= 11 is 0. The van der Waals surface area contributed by atoms with Crippen LogP contribution in [0.25, 0.3) is 0 Å². The summed E-state index contributed by atoms with van der Waals surface area (Å²) in [5, 5.41) is 34.5. The molecular weight excluding hydrogens is 468 g/mol. The lowest BCUT2D eigenvalue weighted by molar-refractivity contribution is -0.339. The van der Waals surface area contributed by atoms with Crippen molar-refractivity contribution in [3.8, 4) is 0 Å². The van der Waals surface area contributed by atoms with E-state index in [-0.39, 0.29) is 18.9 Å². The van der Waals surface area contributed by atoms with Crippen molar-refractivity contribution in [2.75, 3.05) is 6.61 Å². The minimum absolute atomic E-state index is 0.0522. The van der Waals surface area contributed by atoms with Crippen molar-refractivity contribution in [3.63, 3.8) is 0 Å². The molecule has 2 bridgehead atoms. The van der Waals surface area contributed by atoms with Crippen LogP contribution in [0.4, 0.5) is 0 Å². The zero-order valence-corrected chi connectivity index (χ0v) is 20.8. The Bertz CT molecular complexity index is 1090. The van der Waals surface area contributed by atoms with E-state index in [1.807, 2.05) is 6.08 Å². The Kier molecular flexibility index (Phi) is 5.21. The maximum Gasteiger partial charge on any atom is 0.348 e. The summed E-state index contributed by atoms with van der Waals surface area (Å²) in [7, 11) is 0. The topological polar surface area (TPSA) is 140 Å². The number of hydrogen-bond acceptors (Lipinski definition) is 9. The Balaban J connectivity index is 1.46. The number of aliphatic hydroxyl groups excluding tert-OH is 2. The average Bonchev–Trinajstić information content (AvgIpc) is 3.42. The van der Waals surface area contributed by atoms with Gasteiger partial charge in [0, 0.05) is 22.7 Å². The number of allylic oxidation sites excluding steroid dienone is 2. The van der Waals surface area contributed by atoms with Crippen molar-refractivity contribution < 1.29 is 43.9 Å². The number of rotatable bonds is 3. The highest BCUT2D eigenvalue weighted by molar-refractivity contribution is 5.96. The third kappa shape index (κ3) is 2.83. The predicted molar refractivity (Wildman–Crippen MR) is 123 cm³/mol. The Hall–Kier alpha value is -2.07. The first-order chi connectivity index (χ1) is 17.0. The highest BCUT2D eigenvalue weighted by atomic mass is 16.7. The molecule has 6 rings (SSSR count). The molecule has 2 aliphatic heterocycles. The van der Waals surface area contributed by atoms with E-state index < -0.39 is 76.5 Å². The van der Waals surface area contributed by atoms with Gasteiger partial charge in [-0.1, -0.05) is 31.1 Å². The van der Waals surface area contributed by atoms with Crippen molar-refractivity contribution in [3.05, 3.63) is 23.3 Å². The maximum absolute atomic E-state index is 13.3. The fourth-order valence-electron chi connectivity index (χ4n) is 9.00. The molecule has 1 unspecified atom stereocenters. The van der Waals surface area contributed by atoms with E-state index in [9.17, 15) is 29.7 Å². The molecule has 11 atom stereocenters. The highest BCUT2D eigenvalue weighted by Crippen LogP contribution is 2.73. The number of aliphatic hydroxyl groups is 3. The zero-order chi connectivity index (χ0) is 25.8. The van der Waals surface area contributed by atoms with Crippen LogP contribution in [-0.2, 0) is 28.6 Å². The minimum Gasteiger partial charge on any atom is -0.459 e. The molecule has 1 spiro atoms. The number of esters is 2. The van der Waals surface area contributed by atoms with E-state index in [4.69, 9.17) is 14.2 Å². The molecule has 0 aromatic rings. The molecule has 196 valence electrons. The molecular formula is C27H34O9. The van der Waals surface area contributed by atoms with E-state index in [0.29, 0.717) is 6.42 Å². The summed E-state index contributed by atoms with van der Waals surface area (Å²) in [5.74, 6) is -6.46. The first-order valence-corrected chi connectivity index (χ1v) is 13.0. The van der Waals surface area contributed by atoms with Crippen LogP contribution in [0.2, 0.25) is 0 Å². The van der Waals surface area contributed by atoms with Gasteiger partial charge in [0.25, 0.3) is 0 Å².